The molecule has 0 aliphatic carbocycles. The summed E-state index contributed by atoms with van der Waals surface area (Å²) in [6, 6.07) is 13.0. The smallest absolute Gasteiger partial charge is 0.260 e. The molecule has 0 radical (unpaired) electrons. The van der Waals surface area contributed by atoms with Crippen molar-refractivity contribution < 1.29 is 13.9 Å². The Hall–Kier alpha value is -3.08. The van der Waals surface area contributed by atoms with Gasteiger partial charge in [-0.1, -0.05) is 30.3 Å². The van der Waals surface area contributed by atoms with Gasteiger partial charge in [-0.15, -0.1) is 0 Å². The summed E-state index contributed by atoms with van der Waals surface area (Å²) in [5.41, 5.74) is 3.01. The van der Waals surface area contributed by atoms with E-state index in [-0.39, 0.29) is 23.7 Å². The molecule has 2 aromatic carbocycles. The predicted octanol–water partition coefficient (Wildman–Crippen LogP) is 4.32. The van der Waals surface area contributed by atoms with Crippen LogP contribution in [0.2, 0.25) is 0 Å². The number of fused-ring (bicyclic) bond motifs is 1. The zero-order valence-electron chi connectivity index (χ0n) is 16.7. The second kappa shape index (κ2) is 8.30. The highest BCUT2D eigenvalue weighted by atomic mass is 16.5. The van der Waals surface area contributed by atoms with E-state index in [0.29, 0.717) is 29.8 Å². The minimum atomic E-state index is -0.268. The van der Waals surface area contributed by atoms with Crippen molar-refractivity contribution in [2.45, 2.75) is 27.7 Å². The van der Waals surface area contributed by atoms with E-state index in [9.17, 15) is 9.59 Å². The van der Waals surface area contributed by atoms with Gasteiger partial charge in [0.1, 0.15) is 5.58 Å². The summed E-state index contributed by atoms with van der Waals surface area (Å²) in [6.45, 7) is 8.72. The van der Waals surface area contributed by atoms with Gasteiger partial charge < -0.3 is 14.1 Å². The maximum atomic E-state index is 13.2. The van der Waals surface area contributed by atoms with E-state index in [2.05, 4.69) is 0 Å². The van der Waals surface area contributed by atoms with Gasteiger partial charge in [-0.2, -0.15) is 0 Å². The van der Waals surface area contributed by atoms with E-state index in [1.54, 1.807) is 4.90 Å². The van der Waals surface area contributed by atoms with Crippen LogP contribution in [0.15, 0.2) is 51.7 Å². The standard InChI is InChI=1S/C23H25NO4/c1-5-24(6-2)20(25)14-27-23-21(26)18-12-15(3)16(4)13-19(18)28-22(23)17-10-8-7-9-11-17/h7-13H,5-6,14H2,1-4H3. The van der Waals surface area contributed by atoms with E-state index >= 15 is 0 Å². The average Bonchev–Trinajstić information content (AvgIpc) is 2.70. The first-order valence-corrected chi connectivity index (χ1v) is 9.50. The number of benzene rings is 2. The number of ether oxygens (including phenoxy) is 1. The summed E-state index contributed by atoms with van der Waals surface area (Å²) in [7, 11) is 0. The normalized spacial score (nSPS) is 10.9. The highest BCUT2D eigenvalue weighted by molar-refractivity contribution is 5.84. The number of likely N-dealkylation sites (N-methyl/N-ethyl adjacent to an activating group) is 1. The fraction of sp³-hybridized carbons (Fsp3) is 0.304. The average molecular weight is 379 g/mol. The van der Waals surface area contributed by atoms with Crippen LogP contribution >= 0.6 is 0 Å². The van der Waals surface area contributed by atoms with Gasteiger partial charge in [0.25, 0.3) is 5.91 Å². The minimum Gasteiger partial charge on any atom is -0.476 e. The van der Waals surface area contributed by atoms with Gasteiger partial charge in [0, 0.05) is 18.7 Å². The van der Waals surface area contributed by atoms with E-state index in [4.69, 9.17) is 9.15 Å². The molecule has 3 rings (SSSR count). The number of aryl methyl sites for hydroxylation is 2. The minimum absolute atomic E-state index is 0.0717. The zero-order valence-corrected chi connectivity index (χ0v) is 16.7. The van der Waals surface area contributed by atoms with Crippen LogP contribution in [0.3, 0.4) is 0 Å². The molecule has 5 nitrogen and oxygen atoms in total. The first-order valence-electron chi connectivity index (χ1n) is 9.50. The summed E-state index contributed by atoms with van der Waals surface area (Å²) in [4.78, 5) is 27.2. The zero-order chi connectivity index (χ0) is 20.3. The molecule has 5 heteroatoms. The number of carbonyl (C=O) groups excluding carboxylic acids is 1. The molecule has 28 heavy (non-hydrogen) atoms. The lowest BCUT2D eigenvalue weighted by atomic mass is 10.0. The first-order chi connectivity index (χ1) is 13.5. The fourth-order valence-corrected chi connectivity index (χ4v) is 3.15. The molecule has 0 unspecified atom stereocenters. The molecule has 1 heterocycles. The van der Waals surface area contributed by atoms with Crippen molar-refractivity contribution in [3.8, 4) is 17.1 Å². The van der Waals surface area contributed by atoms with Crippen molar-refractivity contribution in [2.75, 3.05) is 19.7 Å². The van der Waals surface area contributed by atoms with E-state index in [1.807, 2.05) is 70.2 Å². The van der Waals surface area contributed by atoms with Crippen LogP contribution in [0.4, 0.5) is 0 Å². The molecule has 0 saturated heterocycles. The van der Waals surface area contributed by atoms with Gasteiger partial charge in [0.05, 0.1) is 5.39 Å². The molecule has 1 amide bonds. The highest BCUT2D eigenvalue weighted by Gasteiger charge is 2.20. The molecule has 0 spiro atoms. The molecule has 146 valence electrons. The van der Waals surface area contributed by atoms with Crippen molar-refractivity contribution in [3.05, 3.63) is 63.8 Å². The number of amides is 1. The molecular weight excluding hydrogens is 354 g/mol. The summed E-state index contributed by atoms with van der Waals surface area (Å²) in [6.07, 6.45) is 0. The SMILES string of the molecule is CCN(CC)C(=O)COc1c(-c2ccccc2)oc2cc(C)c(C)cc2c1=O. The van der Waals surface area contributed by atoms with Gasteiger partial charge in [-0.05, 0) is 51.0 Å². The van der Waals surface area contributed by atoms with E-state index < -0.39 is 0 Å². The van der Waals surface area contributed by atoms with Crippen molar-refractivity contribution >= 4 is 16.9 Å². The molecule has 0 aliphatic rings. The fourth-order valence-electron chi connectivity index (χ4n) is 3.15. The van der Waals surface area contributed by atoms with Crippen LogP contribution in [0.1, 0.15) is 25.0 Å². The third-order valence-electron chi connectivity index (χ3n) is 4.96. The van der Waals surface area contributed by atoms with Gasteiger partial charge in [0.15, 0.2) is 12.4 Å². The molecule has 3 aromatic rings. The Morgan fingerprint density at radius 3 is 2.32 bits per heavy atom. The van der Waals surface area contributed by atoms with Crippen LogP contribution in [-0.2, 0) is 4.79 Å². The van der Waals surface area contributed by atoms with Crippen LogP contribution in [0.5, 0.6) is 5.75 Å². The molecular formula is C23H25NO4. The Labute approximate surface area is 164 Å². The maximum absolute atomic E-state index is 13.2. The Morgan fingerprint density at radius 1 is 1.04 bits per heavy atom. The Morgan fingerprint density at radius 2 is 1.68 bits per heavy atom. The lowest BCUT2D eigenvalue weighted by Crippen LogP contribution is -2.35. The van der Waals surface area contributed by atoms with Crippen LogP contribution in [-0.4, -0.2) is 30.5 Å². The van der Waals surface area contributed by atoms with Gasteiger partial charge in [-0.25, -0.2) is 0 Å². The molecule has 0 fully saturated rings. The molecule has 1 aromatic heterocycles. The largest absolute Gasteiger partial charge is 0.476 e. The van der Waals surface area contributed by atoms with Gasteiger partial charge >= 0.3 is 0 Å². The molecule has 0 atom stereocenters. The monoisotopic (exact) mass is 379 g/mol. The number of hydrogen-bond donors (Lipinski definition) is 0. The van der Waals surface area contributed by atoms with Crippen molar-refractivity contribution in [3.63, 3.8) is 0 Å². The van der Waals surface area contributed by atoms with Crippen molar-refractivity contribution in [2.24, 2.45) is 0 Å². The highest BCUT2D eigenvalue weighted by Crippen LogP contribution is 2.31. The van der Waals surface area contributed by atoms with Crippen molar-refractivity contribution in [1.29, 1.82) is 0 Å². The topological polar surface area (TPSA) is 59.8 Å². The molecule has 0 bridgehead atoms. The summed E-state index contributed by atoms with van der Waals surface area (Å²) in [5, 5.41) is 0.452. The second-order valence-corrected chi connectivity index (χ2v) is 6.74. The number of carbonyl (C=O) groups is 1. The summed E-state index contributed by atoms with van der Waals surface area (Å²) < 4.78 is 11.8. The van der Waals surface area contributed by atoms with E-state index in [0.717, 1.165) is 16.7 Å². The molecule has 0 saturated carbocycles. The Kier molecular flexibility index (Phi) is 5.83. The lowest BCUT2D eigenvalue weighted by molar-refractivity contribution is -0.132. The van der Waals surface area contributed by atoms with Crippen molar-refractivity contribution in [1.82, 2.24) is 4.90 Å². The summed E-state index contributed by atoms with van der Waals surface area (Å²) in [5.74, 6) is 0.250. The Balaban J connectivity index is 2.13. The number of hydrogen-bond acceptors (Lipinski definition) is 4. The second-order valence-electron chi connectivity index (χ2n) is 6.74. The predicted molar refractivity (Wildman–Crippen MR) is 111 cm³/mol. The van der Waals surface area contributed by atoms with Crippen LogP contribution in [0, 0.1) is 13.8 Å². The molecule has 0 aliphatic heterocycles. The number of nitrogens with zero attached hydrogens (tertiary/aromatic N) is 1. The third kappa shape index (κ3) is 3.79. The quantitative estimate of drug-likeness (QED) is 0.640. The van der Waals surface area contributed by atoms with Crippen LogP contribution < -0.4 is 10.2 Å². The third-order valence-corrected chi connectivity index (χ3v) is 4.96. The summed E-state index contributed by atoms with van der Waals surface area (Å²) >= 11 is 0. The van der Waals surface area contributed by atoms with Gasteiger partial charge in [0.2, 0.25) is 11.2 Å². The lowest BCUT2D eigenvalue weighted by Gasteiger charge is -2.19. The first kappa shape index (κ1) is 19.7. The van der Waals surface area contributed by atoms with E-state index in [1.165, 1.54) is 0 Å². The molecule has 0 N–H and O–H groups in total. The Bertz CT molecular complexity index is 1050. The number of rotatable bonds is 6. The van der Waals surface area contributed by atoms with Gasteiger partial charge in [-0.3, -0.25) is 9.59 Å². The van der Waals surface area contributed by atoms with Crippen LogP contribution in [0.25, 0.3) is 22.3 Å². The maximum Gasteiger partial charge on any atom is 0.260 e.